The molecule has 0 amide bonds. The van der Waals surface area contributed by atoms with Gasteiger partial charge in [0.2, 0.25) is 6.23 Å². The number of benzene rings is 2. The Morgan fingerprint density at radius 3 is 2.70 bits per heavy atom. The van der Waals surface area contributed by atoms with Gasteiger partial charge in [-0.2, -0.15) is 0 Å². The van der Waals surface area contributed by atoms with Gasteiger partial charge in [-0.15, -0.1) is 0 Å². The van der Waals surface area contributed by atoms with Gasteiger partial charge in [-0.3, -0.25) is 4.57 Å². The van der Waals surface area contributed by atoms with Gasteiger partial charge in [0.05, 0.1) is 11.4 Å². The molecule has 2 heterocycles. The van der Waals surface area contributed by atoms with Gasteiger partial charge in [-0.05, 0) is 25.1 Å². The van der Waals surface area contributed by atoms with Crippen LogP contribution in [-0.4, -0.2) is 20.4 Å². The topological polar surface area (TPSA) is 50.4 Å². The van der Waals surface area contributed by atoms with Gasteiger partial charge in [0.1, 0.15) is 0 Å². The molecular formula is C18H14ClN3O. The van der Waals surface area contributed by atoms with Crippen LogP contribution in [0.25, 0.3) is 5.69 Å². The summed E-state index contributed by atoms with van der Waals surface area (Å²) in [4.78, 5) is 8.83. The SMILES string of the molecule is Cc1cnc2n1-c1ccc(Cl)cc1C(c1ccccc1)=NC2O. The Morgan fingerprint density at radius 2 is 1.91 bits per heavy atom. The van der Waals surface area contributed by atoms with E-state index in [4.69, 9.17) is 11.6 Å². The monoisotopic (exact) mass is 323 g/mol. The number of fused-ring (bicyclic) bond motifs is 3. The molecule has 1 aliphatic rings. The summed E-state index contributed by atoms with van der Waals surface area (Å²) in [6.45, 7) is 1.95. The molecule has 0 radical (unpaired) electrons. The molecule has 1 unspecified atom stereocenters. The van der Waals surface area contributed by atoms with E-state index in [0.29, 0.717) is 16.6 Å². The normalized spacial score (nSPS) is 16.3. The summed E-state index contributed by atoms with van der Waals surface area (Å²) in [7, 11) is 0. The number of aliphatic imine (C=N–C) groups is 1. The number of rotatable bonds is 1. The predicted octanol–water partition coefficient (Wildman–Crippen LogP) is 3.68. The molecule has 2 aromatic carbocycles. The Morgan fingerprint density at radius 1 is 1.13 bits per heavy atom. The Bertz CT molecular complexity index is 915. The largest absolute Gasteiger partial charge is 0.365 e. The van der Waals surface area contributed by atoms with Crippen molar-refractivity contribution in [3.8, 4) is 5.69 Å². The van der Waals surface area contributed by atoms with Crippen LogP contribution in [-0.2, 0) is 0 Å². The van der Waals surface area contributed by atoms with E-state index < -0.39 is 6.23 Å². The van der Waals surface area contributed by atoms with Crippen molar-refractivity contribution in [1.29, 1.82) is 0 Å². The van der Waals surface area contributed by atoms with Crippen LogP contribution in [0.15, 0.2) is 59.7 Å². The first-order valence-electron chi connectivity index (χ1n) is 7.31. The zero-order valence-corrected chi connectivity index (χ0v) is 13.2. The minimum absolute atomic E-state index is 0.511. The molecule has 4 nitrogen and oxygen atoms in total. The second kappa shape index (κ2) is 5.33. The maximum absolute atomic E-state index is 10.5. The van der Waals surface area contributed by atoms with Crippen LogP contribution in [0.2, 0.25) is 5.02 Å². The molecule has 114 valence electrons. The molecule has 0 aliphatic carbocycles. The van der Waals surface area contributed by atoms with Crippen LogP contribution in [0.4, 0.5) is 0 Å². The third kappa shape index (κ3) is 2.27. The minimum atomic E-state index is -1.02. The first kappa shape index (κ1) is 14.2. The van der Waals surface area contributed by atoms with Crippen molar-refractivity contribution >= 4 is 17.3 Å². The molecule has 0 bridgehead atoms. The molecule has 3 aromatic rings. The van der Waals surface area contributed by atoms with Crippen LogP contribution >= 0.6 is 11.6 Å². The Hall–Kier alpha value is -2.43. The molecule has 0 saturated heterocycles. The van der Waals surface area contributed by atoms with Gasteiger partial charge < -0.3 is 5.11 Å². The van der Waals surface area contributed by atoms with E-state index in [0.717, 1.165) is 22.5 Å². The van der Waals surface area contributed by atoms with E-state index in [2.05, 4.69) is 9.98 Å². The van der Waals surface area contributed by atoms with Crippen molar-refractivity contribution in [2.24, 2.45) is 4.99 Å². The summed E-state index contributed by atoms with van der Waals surface area (Å²) < 4.78 is 1.93. The number of nitrogens with zero attached hydrogens (tertiary/aromatic N) is 3. The van der Waals surface area contributed by atoms with Crippen molar-refractivity contribution < 1.29 is 5.11 Å². The highest BCUT2D eigenvalue weighted by Crippen LogP contribution is 2.31. The fourth-order valence-corrected chi connectivity index (χ4v) is 3.09. The number of imidazole rings is 1. The van der Waals surface area contributed by atoms with Crippen molar-refractivity contribution in [2.45, 2.75) is 13.2 Å². The molecule has 4 rings (SSSR count). The minimum Gasteiger partial charge on any atom is -0.365 e. The maximum atomic E-state index is 10.5. The third-order valence-corrected chi connectivity index (χ3v) is 4.18. The summed E-state index contributed by atoms with van der Waals surface area (Å²) in [5.41, 5.74) is 4.37. The van der Waals surface area contributed by atoms with Crippen molar-refractivity contribution in [3.63, 3.8) is 0 Å². The van der Waals surface area contributed by atoms with Crippen LogP contribution in [0.1, 0.15) is 28.9 Å². The second-order valence-corrected chi connectivity index (χ2v) is 5.91. The first-order valence-corrected chi connectivity index (χ1v) is 7.69. The van der Waals surface area contributed by atoms with Crippen molar-refractivity contribution in [1.82, 2.24) is 9.55 Å². The molecule has 23 heavy (non-hydrogen) atoms. The number of hydrogen-bond donors (Lipinski definition) is 1. The summed E-state index contributed by atoms with van der Waals surface area (Å²) in [6, 6.07) is 15.4. The first-order chi connectivity index (χ1) is 11.1. The molecule has 1 aliphatic heterocycles. The van der Waals surface area contributed by atoms with Gasteiger partial charge in [-0.1, -0.05) is 41.9 Å². The zero-order valence-electron chi connectivity index (χ0n) is 12.4. The summed E-state index contributed by atoms with van der Waals surface area (Å²) in [6.07, 6.45) is 0.713. The second-order valence-electron chi connectivity index (χ2n) is 5.47. The van der Waals surface area contributed by atoms with E-state index >= 15 is 0 Å². The maximum Gasteiger partial charge on any atom is 0.205 e. The number of aliphatic hydroxyl groups excluding tert-OH is 1. The molecule has 5 heteroatoms. The van der Waals surface area contributed by atoms with Crippen LogP contribution in [0.5, 0.6) is 0 Å². The van der Waals surface area contributed by atoms with Crippen molar-refractivity contribution in [3.05, 3.63) is 82.4 Å². The molecule has 0 fully saturated rings. The lowest BCUT2D eigenvalue weighted by atomic mass is 10.0. The molecule has 0 spiro atoms. The molecule has 1 aromatic heterocycles. The number of halogens is 1. The number of aryl methyl sites for hydroxylation is 1. The standard InChI is InChI=1S/C18H14ClN3O/c1-11-10-20-17-18(23)21-16(12-5-3-2-4-6-12)14-9-13(19)7-8-15(14)22(11)17/h2-10,18,23H,1H3. The van der Waals surface area contributed by atoms with Gasteiger partial charge in [0, 0.05) is 28.0 Å². The third-order valence-electron chi connectivity index (χ3n) is 3.95. The van der Waals surface area contributed by atoms with E-state index in [-0.39, 0.29) is 0 Å². The van der Waals surface area contributed by atoms with Crippen molar-refractivity contribution in [2.75, 3.05) is 0 Å². The van der Waals surface area contributed by atoms with E-state index in [9.17, 15) is 5.11 Å². The van der Waals surface area contributed by atoms with Crippen LogP contribution < -0.4 is 0 Å². The fourth-order valence-electron chi connectivity index (χ4n) is 2.92. The van der Waals surface area contributed by atoms with Crippen LogP contribution in [0, 0.1) is 6.92 Å². The zero-order chi connectivity index (χ0) is 16.0. The predicted molar refractivity (Wildman–Crippen MR) is 90.4 cm³/mol. The van der Waals surface area contributed by atoms with Gasteiger partial charge in [-0.25, -0.2) is 9.98 Å². The lowest BCUT2D eigenvalue weighted by Gasteiger charge is -2.13. The summed E-state index contributed by atoms with van der Waals surface area (Å²) in [5, 5.41) is 11.2. The van der Waals surface area contributed by atoms with Gasteiger partial charge >= 0.3 is 0 Å². The highest BCUT2D eigenvalue weighted by atomic mass is 35.5. The lowest BCUT2D eigenvalue weighted by Crippen LogP contribution is -2.08. The number of aliphatic hydroxyl groups is 1. The van der Waals surface area contributed by atoms with E-state index in [1.165, 1.54) is 0 Å². The Balaban J connectivity index is 2.06. The number of aromatic nitrogens is 2. The summed E-state index contributed by atoms with van der Waals surface area (Å²) in [5.74, 6) is 0.511. The molecular weight excluding hydrogens is 310 g/mol. The lowest BCUT2D eigenvalue weighted by molar-refractivity contribution is 0.177. The molecule has 1 N–H and O–H groups in total. The molecule has 0 saturated carbocycles. The Labute approximate surface area is 138 Å². The van der Waals surface area contributed by atoms with Crippen LogP contribution in [0.3, 0.4) is 0 Å². The fraction of sp³-hybridized carbons (Fsp3) is 0.111. The van der Waals surface area contributed by atoms with E-state index in [1.807, 2.05) is 60.0 Å². The average molecular weight is 324 g/mol. The number of hydrogen-bond acceptors (Lipinski definition) is 3. The average Bonchev–Trinajstić information content (AvgIpc) is 2.89. The molecule has 1 atom stereocenters. The quantitative estimate of drug-likeness (QED) is 0.742. The highest BCUT2D eigenvalue weighted by molar-refractivity contribution is 6.31. The Kier molecular flexibility index (Phi) is 3.29. The highest BCUT2D eigenvalue weighted by Gasteiger charge is 2.25. The summed E-state index contributed by atoms with van der Waals surface area (Å²) >= 11 is 6.22. The van der Waals surface area contributed by atoms with E-state index in [1.54, 1.807) is 6.20 Å². The smallest absolute Gasteiger partial charge is 0.205 e. The van der Waals surface area contributed by atoms with Gasteiger partial charge in [0.15, 0.2) is 5.82 Å². The van der Waals surface area contributed by atoms with Gasteiger partial charge in [0.25, 0.3) is 0 Å².